The molecular formula is C24H25F4N7O2. The molecule has 37 heavy (non-hydrogen) atoms. The molecule has 0 spiro atoms. The third-order valence-corrected chi connectivity index (χ3v) is 7.06. The fourth-order valence-corrected chi connectivity index (χ4v) is 5.06. The molecule has 4 aromatic rings. The first-order chi connectivity index (χ1) is 18.0. The lowest BCUT2D eigenvalue weighted by atomic mass is 10.0. The SMILES string of the molecule is COc1nc(N[C@@H]2CCN(C3COC3)C[C@@H]2F)nn2cc(F)c(-c3cc(F)c4ncn(CCF)c4c3)c12. The van der Waals surface area contributed by atoms with Gasteiger partial charge in [0, 0.05) is 13.1 Å². The standard InChI is InChI=1S/C24H25F4N7O2/c1-36-23-22-20(13-6-15(26)21-19(7-13)34(5-3-25)12-29-21)17(28)9-35(22)32-24(31-23)30-18-2-4-33(8-16(18)27)14-10-37-11-14/h6-7,9,12,14,16,18H,2-5,8,10-11H2,1H3,(H,30,32)/t16-,18+/m0/s1. The zero-order chi connectivity index (χ0) is 25.7. The molecule has 0 saturated carbocycles. The van der Waals surface area contributed by atoms with Crippen LogP contribution < -0.4 is 10.1 Å². The van der Waals surface area contributed by atoms with Gasteiger partial charge in [0.25, 0.3) is 0 Å². The van der Waals surface area contributed by atoms with Gasteiger partial charge in [-0.15, -0.1) is 5.10 Å². The molecule has 2 fully saturated rings. The first kappa shape index (κ1) is 23.9. The summed E-state index contributed by atoms with van der Waals surface area (Å²) in [5, 5.41) is 7.36. The van der Waals surface area contributed by atoms with E-state index in [1.54, 1.807) is 6.07 Å². The van der Waals surface area contributed by atoms with Gasteiger partial charge in [-0.3, -0.25) is 4.90 Å². The summed E-state index contributed by atoms with van der Waals surface area (Å²) in [6.07, 6.45) is 1.86. The maximum absolute atomic E-state index is 15.3. The molecule has 13 heteroatoms. The van der Waals surface area contributed by atoms with Gasteiger partial charge in [-0.25, -0.2) is 27.1 Å². The second-order valence-electron chi connectivity index (χ2n) is 9.28. The van der Waals surface area contributed by atoms with Crippen molar-refractivity contribution in [2.45, 2.75) is 31.2 Å². The quantitative estimate of drug-likeness (QED) is 0.376. The number of hydrogen-bond acceptors (Lipinski definition) is 7. The first-order valence-electron chi connectivity index (χ1n) is 12.0. The lowest BCUT2D eigenvalue weighted by Crippen LogP contribution is -2.57. The zero-order valence-corrected chi connectivity index (χ0v) is 20.0. The Morgan fingerprint density at radius 2 is 2.05 bits per heavy atom. The number of benzene rings is 1. The van der Waals surface area contributed by atoms with Crippen LogP contribution in [0, 0.1) is 11.6 Å². The maximum Gasteiger partial charge on any atom is 0.244 e. The summed E-state index contributed by atoms with van der Waals surface area (Å²) in [6, 6.07) is 2.44. The van der Waals surface area contributed by atoms with Gasteiger partial charge in [-0.05, 0) is 24.1 Å². The summed E-state index contributed by atoms with van der Waals surface area (Å²) in [5.74, 6) is -1.23. The van der Waals surface area contributed by atoms with Gasteiger partial charge in [0.05, 0.1) is 62.6 Å². The summed E-state index contributed by atoms with van der Waals surface area (Å²) in [4.78, 5) is 10.4. The van der Waals surface area contributed by atoms with Crippen molar-refractivity contribution in [3.8, 4) is 17.0 Å². The highest BCUT2D eigenvalue weighted by Crippen LogP contribution is 2.36. The van der Waals surface area contributed by atoms with Crippen molar-refractivity contribution in [2.75, 3.05) is 45.4 Å². The minimum atomic E-state index is -1.15. The van der Waals surface area contributed by atoms with Gasteiger partial charge in [-0.2, -0.15) is 4.98 Å². The van der Waals surface area contributed by atoms with Crippen molar-refractivity contribution in [1.82, 2.24) is 29.0 Å². The van der Waals surface area contributed by atoms with E-state index in [-0.39, 0.29) is 53.1 Å². The maximum atomic E-state index is 15.3. The number of likely N-dealkylation sites (tertiary alicyclic amines) is 1. The number of hydrogen-bond donors (Lipinski definition) is 1. The van der Waals surface area contributed by atoms with Crippen LogP contribution in [0.4, 0.5) is 23.5 Å². The summed E-state index contributed by atoms with van der Waals surface area (Å²) in [6.45, 7) is 1.56. The Balaban J connectivity index is 1.34. The molecule has 6 rings (SSSR count). The minimum Gasteiger partial charge on any atom is -0.479 e. The predicted molar refractivity (Wildman–Crippen MR) is 127 cm³/mol. The molecule has 2 aliphatic rings. The highest BCUT2D eigenvalue weighted by atomic mass is 19.1. The second kappa shape index (κ2) is 9.45. The summed E-state index contributed by atoms with van der Waals surface area (Å²) in [5.41, 5.74) is 0.796. The Labute approximate surface area is 209 Å². The van der Waals surface area contributed by atoms with Crippen LogP contribution in [0.1, 0.15) is 6.42 Å². The largest absolute Gasteiger partial charge is 0.479 e. The van der Waals surface area contributed by atoms with E-state index in [9.17, 15) is 13.2 Å². The number of piperidine rings is 1. The van der Waals surface area contributed by atoms with Crippen LogP contribution in [-0.2, 0) is 11.3 Å². The van der Waals surface area contributed by atoms with E-state index in [0.717, 1.165) is 12.3 Å². The number of alkyl halides is 2. The van der Waals surface area contributed by atoms with Gasteiger partial charge < -0.3 is 19.4 Å². The molecule has 9 nitrogen and oxygen atoms in total. The Morgan fingerprint density at radius 1 is 1.22 bits per heavy atom. The number of fused-ring (bicyclic) bond motifs is 2. The number of ether oxygens (including phenoxy) is 2. The number of nitrogens with zero attached hydrogens (tertiary/aromatic N) is 6. The van der Waals surface area contributed by atoms with Crippen molar-refractivity contribution in [3.63, 3.8) is 0 Å². The number of rotatable bonds is 7. The Bertz CT molecular complexity index is 1450. The molecule has 196 valence electrons. The van der Waals surface area contributed by atoms with E-state index in [0.29, 0.717) is 31.7 Å². The minimum absolute atomic E-state index is 0.0111. The highest BCUT2D eigenvalue weighted by molar-refractivity contribution is 5.90. The third kappa shape index (κ3) is 4.15. The van der Waals surface area contributed by atoms with Crippen molar-refractivity contribution in [3.05, 3.63) is 36.3 Å². The van der Waals surface area contributed by atoms with Gasteiger partial charge in [0.2, 0.25) is 11.8 Å². The monoisotopic (exact) mass is 519 g/mol. The smallest absolute Gasteiger partial charge is 0.244 e. The van der Waals surface area contributed by atoms with E-state index in [4.69, 9.17) is 9.47 Å². The van der Waals surface area contributed by atoms with Crippen LogP contribution in [0.5, 0.6) is 5.88 Å². The van der Waals surface area contributed by atoms with E-state index < -0.39 is 30.5 Å². The van der Waals surface area contributed by atoms with Gasteiger partial charge in [-0.1, -0.05) is 0 Å². The van der Waals surface area contributed by atoms with Crippen LogP contribution >= 0.6 is 0 Å². The topological polar surface area (TPSA) is 81.7 Å². The highest BCUT2D eigenvalue weighted by Gasteiger charge is 2.36. The van der Waals surface area contributed by atoms with Crippen LogP contribution in [0.25, 0.3) is 27.7 Å². The second-order valence-corrected chi connectivity index (χ2v) is 9.28. The van der Waals surface area contributed by atoms with Crippen LogP contribution in [0.3, 0.4) is 0 Å². The predicted octanol–water partition coefficient (Wildman–Crippen LogP) is 3.23. The average molecular weight is 520 g/mol. The van der Waals surface area contributed by atoms with Gasteiger partial charge in [0.1, 0.15) is 23.9 Å². The Hall–Kier alpha value is -3.45. The number of aromatic nitrogens is 5. The fourth-order valence-electron chi connectivity index (χ4n) is 5.06. The van der Waals surface area contributed by atoms with E-state index in [1.807, 2.05) is 0 Å². The number of anilines is 1. The number of nitrogens with one attached hydrogen (secondary N) is 1. The molecule has 0 radical (unpaired) electrons. The molecular weight excluding hydrogens is 494 g/mol. The molecule has 1 N–H and O–H groups in total. The van der Waals surface area contributed by atoms with Crippen molar-refractivity contribution < 1.29 is 27.0 Å². The van der Waals surface area contributed by atoms with Gasteiger partial charge >= 0.3 is 0 Å². The molecule has 0 amide bonds. The van der Waals surface area contributed by atoms with Crippen molar-refractivity contribution in [1.29, 1.82) is 0 Å². The molecule has 2 atom stereocenters. The molecule has 3 aromatic heterocycles. The first-order valence-corrected chi connectivity index (χ1v) is 12.0. The number of methoxy groups -OCH3 is 1. The number of aryl methyl sites for hydroxylation is 1. The molecule has 1 aromatic carbocycles. The number of halogens is 4. The lowest BCUT2D eigenvalue weighted by molar-refractivity contribution is -0.0794. The van der Waals surface area contributed by atoms with Crippen LogP contribution in [0.2, 0.25) is 0 Å². The van der Waals surface area contributed by atoms with Crippen molar-refractivity contribution in [2.24, 2.45) is 0 Å². The van der Waals surface area contributed by atoms with E-state index >= 15 is 4.39 Å². The molecule has 5 heterocycles. The summed E-state index contributed by atoms with van der Waals surface area (Å²) < 4.78 is 71.4. The van der Waals surface area contributed by atoms with E-state index in [2.05, 4.69) is 25.3 Å². The summed E-state index contributed by atoms with van der Waals surface area (Å²) in [7, 11) is 1.37. The fraction of sp³-hybridized carbons (Fsp3) is 0.458. The average Bonchev–Trinajstić information content (AvgIpc) is 3.39. The molecule has 2 saturated heterocycles. The van der Waals surface area contributed by atoms with Crippen LogP contribution in [-0.4, -0.2) is 87.4 Å². The Kier molecular flexibility index (Phi) is 6.11. The third-order valence-electron chi connectivity index (χ3n) is 7.06. The Morgan fingerprint density at radius 3 is 2.76 bits per heavy atom. The lowest BCUT2D eigenvalue weighted by Gasteiger charge is -2.42. The summed E-state index contributed by atoms with van der Waals surface area (Å²) >= 11 is 0. The molecule has 0 unspecified atom stereocenters. The van der Waals surface area contributed by atoms with E-state index in [1.165, 1.54) is 22.5 Å². The van der Waals surface area contributed by atoms with Gasteiger partial charge in [0.15, 0.2) is 11.6 Å². The molecule has 0 aliphatic carbocycles. The molecule has 2 aliphatic heterocycles. The normalized spacial score (nSPS) is 21.0. The van der Waals surface area contributed by atoms with Crippen molar-refractivity contribution >= 4 is 22.5 Å². The number of imidazole rings is 1. The van der Waals surface area contributed by atoms with Crippen LogP contribution in [0.15, 0.2) is 24.7 Å². The zero-order valence-electron chi connectivity index (χ0n) is 20.0. The molecule has 0 bridgehead atoms.